The number of nitrogens with zero attached hydrogens (tertiary/aromatic N) is 1. The van der Waals surface area contributed by atoms with Crippen LogP contribution >= 0.6 is 51.7 Å². The van der Waals surface area contributed by atoms with Crippen LogP contribution in [0.25, 0.3) is 0 Å². The van der Waals surface area contributed by atoms with E-state index < -0.39 is 0 Å². The zero-order valence-electron chi connectivity index (χ0n) is 14.6. The van der Waals surface area contributed by atoms with Crippen LogP contribution in [-0.4, -0.2) is 45.8 Å². The van der Waals surface area contributed by atoms with Crippen molar-refractivity contribution in [3.63, 3.8) is 0 Å². The van der Waals surface area contributed by atoms with Crippen LogP contribution in [0.4, 0.5) is 0 Å². The summed E-state index contributed by atoms with van der Waals surface area (Å²) >= 11 is 5.45. The summed E-state index contributed by atoms with van der Waals surface area (Å²) in [6.45, 7) is 1.57. The van der Waals surface area contributed by atoms with Gasteiger partial charge in [-0.25, -0.2) is 0 Å². The van der Waals surface area contributed by atoms with Crippen LogP contribution in [0.3, 0.4) is 0 Å². The van der Waals surface area contributed by atoms with Crippen molar-refractivity contribution in [3.05, 3.63) is 22.2 Å². The normalized spacial score (nSPS) is 10.8. The number of unbranched alkanes of at least 4 members (excludes halogenated alkanes) is 1. The molecule has 0 aliphatic rings. The van der Waals surface area contributed by atoms with E-state index in [9.17, 15) is 0 Å². The predicted molar refractivity (Wildman–Crippen MR) is 118 cm³/mol. The number of methoxy groups -OCH3 is 2. The molecule has 0 heterocycles. The van der Waals surface area contributed by atoms with Gasteiger partial charge >= 0.3 is 0 Å². The van der Waals surface area contributed by atoms with E-state index in [2.05, 4.69) is 37.8 Å². The van der Waals surface area contributed by atoms with E-state index in [-0.39, 0.29) is 24.0 Å². The fraction of sp³-hybridized carbons (Fsp3) is 0.562. The summed E-state index contributed by atoms with van der Waals surface area (Å²) in [6, 6.07) is 3.87. The van der Waals surface area contributed by atoms with E-state index in [0.717, 1.165) is 29.0 Å². The molecule has 0 atom stereocenters. The van der Waals surface area contributed by atoms with Gasteiger partial charge in [-0.15, -0.1) is 24.0 Å². The monoisotopic (exact) mass is 531 g/mol. The van der Waals surface area contributed by atoms with E-state index >= 15 is 0 Å². The molecule has 0 bridgehead atoms. The molecule has 1 aromatic carbocycles. The van der Waals surface area contributed by atoms with Crippen LogP contribution in [0.15, 0.2) is 21.6 Å². The van der Waals surface area contributed by atoms with Gasteiger partial charge in [-0.05, 0) is 42.5 Å². The number of guanidine groups is 1. The van der Waals surface area contributed by atoms with Crippen molar-refractivity contribution in [2.75, 3.05) is 39.8 Å². The Morgan fingerprint density at radius 2 is 1.83 bits per heavy atom. The molecule has 24 heavy (non-hydrogen) atoms. The Kier molecular flexibility index (Phi) is 13.7. The molecule has 0 spiro atoms. The summed E-state index contributed by atoms with van der Waals surface area (Å²) < 4.78 is 11.6. The van der Waals surface area contributed by atoms with Gasteiger partial charge < -0.3 is 20.1 Å². The van der Waals surface area contributed by atoms with Crippen molar-refractivity contribution in [2.24, 2.45) is 4.99 Å². The van der Waals surface area contributed by atoms with E-state index in [1.54, 1.807) is 21.3 Å². The number of hydrogen-bond acceptors (Lipinski definition) is 4. The third-order valence-electron chi connectivity index (χ3n) is 3.29. The first-order valence-electron chi connectivity index (χ1n) is 7.50. The van der Waals surface area contributed by atoms with Crippen LogP contribution in [0.5, 0.6) is 11.5 Å². The second-order valence-electron chi connectivity index (χ2n) is 4.85. The average Bonchev–Trinajstić information content (AvgIpc) is 2.57. The molecule has 0 unspecified atom stereocenters. The van der Waals surface area contributed by atoms with E-state index in [4.69, 9.17) is 9.47 Å². The van der Waals surface area contributed by atoms with Crippen LogP contribution in [-0.2, 0) is 6.54 Å². The summed E-state index contributed by atoms with van der Waals surface area (Å²) in [7, 11) is 5.05. The van der Waals surface area contributed by atoms with Gasteiger partial charge in [-0.1, -0.05) is 15.9 Å². The third-order valence-corrected chi connectivity index (χ3v) is 4.73. The summed E-state index contributed by atoms with van der Waals surface area (Å²) in [5.41, 5.74) is 1.08. The lowest BCUT2D eigenvalue weighted by Crippen LogP contribution is -2.37. The molecule has 0 fully saturated rings. The van der Waals surface area contributed by atoms with E-state index in [0.29, 0.717) is 18.0 Å². The fourth-order valence-corrected chi connectivity index (χ4v) is 2.96. The van der Waals surface area contributed by atoms with Gasteiger partial charge in [0.15, 0.2) is 17.5 Å². The highest BCUT2D eigenvalue weighted by molar-refractivity contribution is 14.0. The SMILES string of the molecule is CN=C(NCCCCSC)NCc1cc(OC)c(OC)cc1Br.I. The molecule has 0 saturated heterocycles. The molecular weight excluding hydrogens is 505 g/mol. The fourth-order valence-electron chi connectivity index (χ4n) is 2.01. The predicted octanol–water partition coefficient (Wildman–Crippen LogP) is 3.89. The lowest BCUT2D eigenvalue weighted by atomic mass is 10.2. The van der Waals surface area contributed by atoms with Crippen LogP contribution in [0.2, 0.25) is 0 Å². The molecule has 0 aromatic heterocycles. The van der Waals surface area contributed by atoms with Gasteiger partial charge in [-0.3, -0.25) is 4.99 Å². The highest BCUT2D eigenvalue weighted by Crippen LogP contribution is 2.33. The Labute approximate surface area is 174 Å². The minimum atomic E-state index is 0. The molecule has 5 nitrogen and oxygen atoms in total. The highest BCUT2D eigenvalue weighted by atomic mass is 127. The van der Waals surface area contributed by atoms with Crippen LogP contribution in [0.1, 0.15) is 18.4 Å². The molecule has 1 rings (SSSR count). The molecule has 0 aliphatic carbocycles. The molecule has 1 aromatic rings. The van der Waals surface area contributed by atoms with E-state index in [1.165, 1.54) is 12.2 Å². The zero-order valence-corrected chi connectivity index (χ0v) is 19.4. The first-order chi connectivity index (χ1) is 11.2. The van der Waals surface area contributed by atoms with Gasteiger partial charge in [0, 0.05) is 24.6 Å². The number of aliphatic imine (C=N–C) groups is 1. The first-order valence-corrected chi connectivity index (χ1v) is 9.68. The number of halogens is 2. The highest BCUT2D eigenvalue weighted by Gasteiger charge is 2.10. The maximum absolute atomic E-state index is 5.35. The number of ether oxygens (including phenoxy) is 2. The molecule has 0 saturated carbocycles. The number of rotatable bonds is 9. The number of hydrogen-bond donors (Lipinski definition) is 2. The maximum Gasteiger partial charge on any atom is 0.191 e. The number of thioether (sulfide) groups is 1. The summed E-state index contributed by atoms with van der Waals surface area (Å²) in [5.74, 6) is 3.43. The minimum Gasteiger partial charge on any atom is -0.493 e. The van der Waals surface area contributed by atoms with Crippen molar-refractivity contribution in [2.45, 2.75) is 19.4 Å². The second kappa shape index (κ2) is 13.9. The van der Waals surface area contributed by atoms with Crippen molar-refractivity contribution < 1.29 is 9.47 Å². The summed E-state index contributed by atoms with van der Waals surface area (Å²) in [5, 5.41) is 6.64. The third kappa shape index (κ3) is 8.15. The standard InChI is InChI=1S/C16H26BrN3O2S.HI/c1-18-16(19-7-5-6-8-23-4)20-11-12-9-14(21-2)15(22-3)10-13(12)17;/h9-10H,5-8,11H2,1-4H3,(H2,18,19,20);1H. The molecule has 138 valence electrons. The molecule has 8 heteroatoms. The lowest BCUT2D eigenvalue weighted by molar-refractivity contribution is 0.354. The Bertz CT molecular complexity index is 518. The van der Waals surface area contributed by atoms with Gasteiger partial charge in [0.05, 0.1) is 14.2 Å². The van der Waals surface area contributed by atoms with Crippen LogP contribution in [0, 0.1) is 0 Å². The topological polar surface area (TPSA) is 54.9 Å². The van der Waals surface area contributed by atoms with Gasteiger partial charge in [0.2, 0.25) is 0 Å². The van der Waals surface area contributed by atoms with Crippen molar-refractivity contribution in [1.29, 1.82) is 0 Å². The Morgan fingerprint density at radius 1 is 1.17 bits per heavy atom. The minimum absolute atomic E-state index is 0. The Morgan fingerprint density at radius 3 is 2.42 bits per heavy atom. The summed E-state index contributed by atoms with van der Waals surface area (Å²) in [4.78, 5) is 4.24. The van der Waals surface area contributed by atoms with E-state index in [1.807, 2.05) is 23.9 Å². The molecule has 0 radical (unpaired) electrons. The maximum atomic E-state index is 5.35. The molecule has 2 N–H and O–H groups in total. The molecular formula is C16H27BrIN3O2S. The summed E-state index contributed by atoms with van der Waals surface area (Å²) in [6.07, 6.45) is 4.49. The molecule has 0 aliphatic heterocycles. The van der Waals surface area contributed by atoms with Crippen molar-refractivity contribution in [1.82, 2.24) is 10.6 Å². The van der Waals surface area contributed by atoms with Crippen molar-refractivity contribution >= 4 is 57.6 Å². The van der Waals surface area contributed by atoms with Crippen molar-refractivity contribution in [3.8, 4) is 11.5 Å². The first kappa shape index (κ1) is 23.6. The van der Waals surface area contributed by atoms with Crippen LogP contribution < -0.4 is 20.1 Å². The number of nitrogens with one attached hydrogen (secondary N) is 2. The quantitative estimate of drug-likeness (QED) is 0.219. The largest absolute Gasteiger partial charge is 0.493 e. The smallest absolute Gasteiger partial charge is 0.191 e. The zero-order chi connectivity index (χ0) is 17.1. The van der Waals surface area contributed by atoms with Gasteiger partial charge in [0.25, 0.3) is 0 Å². The Hall–Kier alpha value is -0.350. The van der Waals surface area contributed by atoms with Gasteiger partial charge in [0.1, 0.15) is 0 Å². The molecule has 0 amide bonds. The lowest BCUT2D eigenvalue weighted by Gasteiger charge is -2.15. The van der Waals surface area contributed by atoms with Gasteiger partial charge in [-0.2, -0.15) is 11.8 Å². The Balaban J connectivity index is 0.00000529. The average molecular weight is 532 g/mol. The second-order valence-corrected chi connectivity index (χ2v) is 6.69. The number of benzene rings is 1.